The Morgan fingerprint density at radius 2 is 1.91 bits per heavy atom. The van der Waals surface area contributed by atoms with Gasteiger partial charge in [-0.2, -0.15) is 0 Å². The Bertz CT molecular complexity index is 523. The summed E-state index contributed by atoms with van der Waals surface area (Å²) < 4.78 is 5.18. The Morgan fingerprint density at radius 1 is 1.30 bits per heavy atom. The van der Waals surface area contributed by atoms with Crippen molar-refractivity contribution in [3.8, 4) is 0 Å². The molecule has 0 heterocycles. The molecule has 1 aromatic rings. The van der Waals surface area contributed by atoms with Crippen molar-refractivity contribution >= 4 is 11.9 Å². The molecule has 0 saturated heterocycles. The molecule has 0 aliphatic rings. The molecule has 0 saturated carbocycles. The molecule has 0 aromatic heterocycles. The first-order chi connectivity index (χ1) is 11.0. The Kier molecular flexibility index (Phi) is 7.48. The van der Waals surface area contributed by atoms with E-state index in [0.29, 0.717) is 12.8 Å². The number of nitrogens with one attached hydrogen (secondary N) is 1. The summed E-state index contributed by atoms with van der Waals surface area (Å²) in [5, 5.41) is 11.9. The zero-order valence-electron chi connectivity index (χ0n) is 13.7. The van der Waals surface area contributed by atoms with E-state index in [9.17, 15) is 14.7 Å². The number of hydrogen-bond acceptors (Lipinski definition) is 3. The molecule has 1 atom stereocenters. The van der Waals surface area contributed by atoms with Crippen LogP contribution >= 0.6 is 0 Å². The molecule has 1 amide bonds. The fourth-order valence-corrected chi connectivity index (χ4v) is 2.61. The summed E-state index contributed by atoms with van der Waals surface area (Å²) in [6, 6.07) is 8.37. The number of amides is 1. The molecule has 0 aliphatic carbocycles. The second-order valence-corrected chi connectivity index (χ2v) is 5.35. The smallest absolute Gasteiger partial charge is 0.328 e. The van der Waals surface area contributed by atoms with E-state index >= 15 is 0 Å². The molecule has 2 N–H and O–H groups in total. The number of hydrogen-bond donors (Lipinski definition) is 2. The summed E-state index contributed by atoms with van der Waals surface area (Å²) in [5.74, 6) is -1.40. The number of rotatable bonds is 10. The molecule has 5 nitrogen and oxygen atoms in total. The highest BCUT2D eigenvalue weighted by Crippen LogP contribution is 2.32. The molecule has 0 fully saturated rings. The van der Waals surface area contributed by atoms with Gasteiger partial charge in [0.25, 0.3) is 0 Å². The third-order valence-electron chi connectivity index (χ3n) is 4.09. The van der Waals surface area contributed by atoms with Crippen LogP contribution < -0.4 is 5.32 Å². The van der Waals surface area contributed by atoms with Gasteiger partial charge in [0, 0.05) is 0 Å². The lowest BCUT2D eigenvalue weighted by molar-refractivity contribution is -0.144. The van der Waals surface area contributed by atoms with Crippen molar-refractivity contribution in [2.45, 2.75) is 38.1 Å². The lowest BCUT2D eigenvalue weighted by Crippen LogP contribution is -2.52. The van der Waals surface area contributed by atoms with Crippen molar-refractivity contribution in [2.24, 2.45) is 0 Å². The van der Waals surface area contributed by atoms with E-state index in [2.05, 4.69) is 11.9 Å². The molecule has 23 heavy (non-hydrogen) atoms. The second-order valence-electron chi connectivity index (χ2n) is 5.35. The fourth-order valence-electron chi connectivity index (χ4n) is 2.61. The molecule has 0 spiro atoms. The van der Waals surface area contributed by atoms with Gasteiger partial charge in [0.05, 0.1) is 18.6 Å². The van der Waals surface area contributed by atoms with Crippen molar-refractivity contribution < 1.29 is 19.4 Å². The number of aliphatic carboxylic acids is 1. The molecule has 5 heteroatoms. The molecule has 1 unspecified atom stereocenters. The molecular formula is C18H25NO4. The maximum Gasteiger partial charge on any atom is 0.328 e. The van der Waals surface area contributed by atoms with Crippen LogP contribution in [0.2, 0.25) is 0 Å². The highest BCUT2D eigenvalue weighted by Gasteiger charge is 2.38. The lowest BCUT2D eigenvalue weighted by atomic mass is 9.75. The molecule has 126 valence electrons. The zero-order valence-corrected chi connectivity index (χ0v) is 13.7. The first-order valence-electron chi connectivity index (χ1n) is 7.79. The van der Waals surface area contributed by atoms with E-state index in [1.807, 2.05) is 44.2 Å². The molecule has 1 aromatic carbocycles. The molecular weight excluding hydrogens is 294 g/mol. The van der Waals surface area contributed by atoms with Gasteiger partial charge in [0.2, 0.25) is 5.91 Å². The predicted molar refractivity (Wildman–Crippen MR) is 89.3 cm³/mol. The van der Waals surface area contributed by atoms with Crippen LogP contribution in [-0.2, 0) is 19.7 Å². The predicted octanol–water partition coefficient (Wildman–Crippen LogP) is 2.52. The minimum absolute atomic E-state index is 0.0919. The Morgan fingerprint density at radius 3 is 2.39 bits per heavy atom. The van der Waals surface area contributed by atoms with Gasteiger partial charge in [-0.25, -0.2) is 4.79 Å². The summed E-state index contributed by atoms with van der Waals surface area (Å²) >= 11 is 0. The second kappa shape index (κ2) is 9.10. The standard InChI is InChI=1S/C18H25NO4/c1-4-12-23-13-15(16(20)21)19-17(22)18(5-2,6-3)14-10-8-7-9-11-14/h4,7-11,15H,1,5-6,12-13H2,2-3H3,(H,19,22)(H,20,21). The molecule has 0 radical (unpaired) electrons. The van der Waals surface area contributed by atoms with Gasteiger partial charge in [-0.3, -0.25) is 4.79 Å². The summed E-state index contributed by atoms with van der Waals surface area (Å²) in [7, 11) is 0. The highest BCUT2D eigenvalue weighted by molar-refractivity contribution is 5.91. The number of ether oxygens (including phenoxy) is 1. The number of carbonyl (C=O) groups excluding carboxylic acids is 1. The maximum atomic E-state index is 12.8. The van der Waals surface area contributed by atoms with Crippen LogP contribution in [0.15, 0.2) is 43.0 Å². The van der Waals surface area contributed by atoms with Crippen LogP contribution in [0.4, 0.5) is 0 Å². The quantitative estimate of drug-likeness (QED) is 0.513. The topological polar surface area (TPSA) is 75.6 Å². The van der Waals surface area contributed by atoms with Crippen molar-refractivity contribution in [3.05, 3.63) is 48.6 Å². The van der Waals surface area contributed by atoms with E-state index in [1.54, 1.807) is 0 Å². The third kappa shape index (κ3) is 4.66. The van der Waals surface area contributed by atoms with E-state index in [4.69, 9.17) is 4.74 Å². The number of carboxylic acid groups (broad SMARTS) is 1. The van der Waals surface area contributed by atoms with Crippen molar-refractivity contribution in [1.82, 2.24) is 5.32 Å². The van der Waals surface area contributed by atoms with Crippen LogP contribution in [0.25, 0.3) is 0 Å². The van der Waals surface area contributed by atoms with Gasteiger partial charge in [0.15, 0.2) is 6.04 Å². The average molecular weight is 319 g/mol. The van der Waals surface area contributed by atoms with Crippen molar-refractivity contribution in [2.75, 3.05) is 13.2 Å². The number of carboxylic acids is 1. The summed E-state index contributed by atoms with van der Waals surface area (Å²) in [4.78, 5) is 24.2. The lowest BCUT2D eigenvalue weighted by Gasteiger charge is -2.32. The van der Waals surface area contributed by atoms with Crippen LogP contribution in [-0.4, -0.2) is 36.2 Å². The third-order valence-corrected chi connectivity index (χ3v) is 4.09. The van der Waals surface area contributed by atoms with Gasteiger partial charge in [0.1, 0.15) is 0 Å². The molecule has 0 aliphatic heterocycles. The van der Waals surface area contributed by atoms with Gasteiger partial charge in [-0.05, 0) is 18.4 Å². The highest BCUT2D eigenvalue weighted by atomic mass is 16.5. The van der Waals surface area contributed by atoms with Gasteiger partial charge < -0.3 is 15.2 Å². The zero-order chi connectivity index (χ0) is 17.3. The van der Waals surface area contributed by atoms with Crippen LogP contribution in [0, 0.1) is 0 Å². The van der Waals surface area contributed by atoms with Crippen LogP contribution in [0.1, 0.15) is 32.3 Å². The molecule has 1 rings (SSSR count). The maximum absolute atomic E-state index is 12.8. The minimum Gasteiger partial charge on any atom is -0.480 e. The average Bonchev–Trinajstić information content (AvgIpc) is 2.56. The summed E-state index contributed by atoms with van der Waals surface area (Å²) in [6.45, 7) is 7.52. The largest absolute Gasteiger partial charge is 0.480 e. The van der Waals surface area contributed by atoms with E-state index in [0.717, 1.165) is 5.56 Å². The Hall–Kier alpha value is -2.14. The van der Waals surface area contributed by atoms with Crippen molar-refractivity contribution in [3.63, 3.8) is 0 Å². The van der Waals surface area contributed by atoms with Crippen LogP contribution in [0.5, 0.6) is 0 Å². The van der Waals surface area contributed by atoms with Gasteiger partial charge >= 0.3 is 5.97 Å². The van der Waals surface area contributed by atoms with Gasteiger partial charge in [-0.15, -0.1) is 6.58 Å². The Labute approximate surface area is 137 Å². The fraction of sp³-hybridized carbons (Fsp3) is 0.444. The molecule has 0 bridgehead atoms. The first kappa shape index (κ1) is 18.9. The van der Waals surface area contributed by atoms with E-state index < -0.39 is 17.4 Å². The first-order valence-corrected chi connectivity index (χ1v) is 7.79. The normalized spacial score (nSPS) is 12.4. The SMILES string of the molecule is C=CCOCC(NC(=O)C(CC)(CC)c1ccccc1)C(=O)O. The van der Waals surface area contributed by atoms with E-state index in [-0.39, 0.29) is 19.1 Å². The number of carbonyl (C=O) groups is 2. The summed E-state index contributed by atoms with van der Waals surface area (Å²) in [6.07, 6.45) is 2.70. The van der Waals surface area contributed by atoms with Gasteiger partial charge in [-0.1, -0.05) is 50.3 Å². The van der Waals surface area contributed by atoms with Crippen LogP contribution in [0.3, 0.4) is 0 Å². The monoisotopic (exact) mass is 319 g/mol. The van der Waals surface area contributed by atoms with Crippen molar-refractivity contribution in [1.29, 1.82) is 0 Å². The Balaban J connectivity index is 2.96. The minimum atomic E-state index is -1.11. The summed E-state index contributed by atoms with van der Waals surface area (Å²) in [5.41, 5.74) is 0.145. The number of benzene rings is 1. The van der Waals surface area contributed by atoms with E-state index in [1.165, 1.54) is 6.08 Å².